The van der Waals surface area contributed by atoms with E-state index < -0.39 is 12.4 Å². The number of hydrogen-bond donors (Lipinski definition) is 2. The molecule has 1 amide bonds. The van der Waals surface area contributed by atoms with Crippen molar-refractivity contribution in [3.63, 3.8) is 0 Å². The van der Waals surface area contributed by atoms with Gasteiger partial charge < -0.3 is 34.1 Å². The molecule has 0 bridgehead atoms. The number of carbonyl (C=O) groups excluding carboxylic acids is 1. The number of rotatable bonds is 11. The number of nitrogens with zero attached hydrogens (tertiary/aromatic N) is 1. The molecule has 2 aliphatic rings. The Morgan fingerprint density at radius 3 is 2.32 bits per heavy atom. The molecule has 3 aromatic carbocycles. The highest BCUT2D eigenvalue weighted by atomic mass is 16.7. The average Bonchev–Trinajstić information content (AvgIpc) is 3.06. The van der Waals surface area contributed by atoms with Gasteiger partial charge in [0, 0.05) is 37.7 Å². The van der Waals surface area contributed by atoms with E-state index in [0.29, 0.717) is 6.54 Å². The van der Waals surface area contributed by atoms with Gasteiger partial charge in [-0.3, -0.25) is 4.90 Å². The largest absolute Gasteiger partial charge is 0.493 e. The third-order valence-electron chi connectivity index (χ3n) is 8.38. The summed E-state index contributed by atoms with van der Waals surface area (Å²) in [6.45, 7) is 8.68. The van der Waals surface area contributed by atoms with Gasteiger partial charge in [-0.2, -0.15) is 0 Å². The smallest absolute Gasteiger partial charge is 0.407 e. The van der Waals surface area contributed by atoms with E-state index in [4.69, 9.17) is 23.7 Å². The minimum atomic E-state index is -0.570. The lowest BCUT2D eigenvalue weighted by molar-refractivity contribution is -0.276. The molecular formula is C35H42N2O7. The standard InChI is InChI=1S/C35H42N2O7/c1-5-16-42-35(39)36-19-24-6-12-27(13-7-24)34-43-32(23(2)33(44-34)26-10-8-25(22-38)9-11-26)21-37-15-14-28-17-30(40-3)31(41-4)18-29(28)20-37/h5-13,17-18,23,32-34,38H,1,14-16,19-22H2,2-4H3,(H,36,39). The average molecular weight is 603 g/mol. The van der Waals surface area contributed by atoms with Crippen LogP contribution in [0.5, 0.6) is 11.5 Å². The molecule has 1 fully saturated rings. The summed E-state index contributed by atoms with van der Waals surface area (Å²) in [5.74, 6) is 1.57. The zero-order valence-corrected chi connectivity index (χ0v) is 25.7. The summed E-state index contributed by atoms with van der Waals surface area (Å²) in [7, 11) is 3.33. The van der Waals surface area contributed by atoms with Gasteiger partial charge in [-0.05, 0) is 46.4 Å². The third kappa shape index (κ3) is 7.42. The van der Waals surface area contributed by atoms with Gasteiger partial charge in [-0.1, -0.05) is 68.1 Å². The van der Waals surface area contributed by atoms with E-state index in [0.717, 1.165) is 59.8 Å². The zero-order chi connectivity index (χ0) is 31.1. The Labute approximate surface area is 259 Å². The Balaban J connectivity index is 1.33. The van der Waals surface area contributed by atoms with Crippen molar-refractivity contribution in [1.82, 2.24) is 10.2 Å². The molecule has 4 unspecified atom stereocenters. The van der Waals surface area contributed by atoms with Gasteiger partial charge in [0.05, 0.1) is 33.0 Å². The summed E-state index contributed by atoms with van der Waals surface area (Å²) in [5, 5.41) is 12.3. The second-order valence-corrected chi connectivity index (χ2v) is 11.3. The topological polar surface area (TPSA) is 98.7 Å². The lowest BCUT2D eigenvalue weighted by Gasteiger charge is -2.43. The monoisotopic (exact) mass is 602 g/mol. The lowest BCUT2D eigenvalue weighted by Crippen LogP contribution is -2.45. The van der Waals surface area contributed by atoms with Crippen LogP contribution in [-0.4, -0.2) is 56.1 Å². The number of nitrogens with one attached hydrogen (secondary N) is 1. The van der Waals surface area contributed by atoms with Crippen LogP contribution >= 0.6 is 0 Å². The quantitative estimate of drug-likeness (QED) is 0.280. The first kappa shape index (κ1) is 31.5. The third-order valence-corrected chi connectivity index (χ3v) is 8.38. The van der Waals surface area contributed by atoms with Crippen molar-refractivity contribution in [2.45, 2.75) is 51.5 Å². The molecule has 3 aromatic rings. The summed E-state index contributed by atoms with van der Waals surface area (Å²) in [6, 6.07) is 20.0. The van der Waals surface area contributed by atoms with E-state index in [1.807, 2.05) is 48.5 Å². The highest BCUT2D eigenvalue weighted by molar-refractivity contribution is 5.67. The fourth-order valence-corrected chi connectivity index (χ4v) is 5.83. The number of aliphatic hydroxyl groups excluding tert-OH is 1. The molecule has 0 radical (unpaired) electrons. The molecule has 44 heavy (non-hydrogen) atoms. The Bertz CT molecular complexity index is 1410. The first-order valence-corrected chi connectivity index (χ1v) is 15.0. The molecule has 4 atom stereocenters. The Morgan fingerprint density at radius 1 is 1.00 bits per heavy atom. The second kappa shape index (κ2) is 14.7. The number of amides is 1. The molecular weight excluding hydrogens is 560 g/mol. The summed E-state index contributed by atoms with van der Waals surface area (Å²) < 4.78 is 29.4. The fraction of sp³-hybridized carbons (Fsp3) is 0.400. The molecule has 2 heterocycles. The Hall–Kier alpha value is -3.89. The van der Waals surface area contributed by atoms with E-state index in [-0.39, 0.29) is 31.3 Å². The maximum absolute atomic E-state index is 11.8. The number of methoxy groups -OCH3 is 2. The molecule has 2 N–H and O–H groups in total. The molecule has 0 saturated carbocycles. The molecule has 1 saturated heterocycles. The highest BCUT2D eigenvalue weighted by Gasteiger charge is 2.39. The molecule has 234 valence electrons. The van der Waals surface area contributed by atoms with Crippen LogP contribution in [0.1, 0.15) is 52.7 Å². The molecule has 9 heteroatoms. The summed E-state index contributed by atoms with van der Waals surface area (Å²) in [6.07, 6.45) is 1.09. The number of aliphatic hydroxyl groups is 1. The summed E-state index contributed by atoms with van der Waals surface area (Å²) in [5.41, 5.74) is 6.26. The van der Waals surface area contributed by atoms with E-state index in [9.17, 15) is 9.90 Å². The maximum Gasteiger partial charge on any atom is 0.407 e. The highest BCUT2D eigenvalue weighted by Crippen LogP contribution is 2.42. The molecule has 9 nitrogen and oxygen atoms in total. The van der Waals surface area contributed by atoms with Gasteiger partial charge in [0.1, 0.15) is 6.61 Å². The van der Waals surface area contributed by atoms with Crippen molar-refractivity contribution in [3.8, 4) is 11.5 Å². The number of carbonyl (C=O) groups is 1. The van der Waals surface area contributed by atoms with Crippen molar-refractivity contribution < 1.29 is 33.6 Å². The minimum Gasteiger partial charge on any atom is -0.493 e. The van der Waals surface area contributed by atoms with Crippen LogP contribution in [0, 0.1) is 5.92 Å². The molecule has 2 aliphatic heterocycles. The fourth-order valence-electron chi connectivity index (χ4n) is 5.83. The van der Waals surface area contributed by atoms with E-state index in [1.54, 1.807) is 14.2 Å². The van der Waals surface area contributed by atoms with Gasteiger partial charge in [-0.15, -0.1) is 0 Å². The van der Waals surface area contributed by atoms with Crippen LogP contribution in [0.3, 0.4) is 0 Å². The predicted octanol–water partition coefficient (Wildman–Crippen LogP) is 5.46. The number of alkyl carbamates (subject to hydrolysis) is 1. The Kier molecular flexibility index (Phi) is 10.6. The van der Waals surface area contributed by atoms with E-state index in [2.05, 4.69) is 35.9 Å². The minimum absolute atomic E-state index is 0.00397. The first-order valence-electron chi connectivity index (χ1n) is 15.0. The van der Waals surface area contributed by atoms with Gasteiger partial charge in [-0.25, -0.2) is 4.79 Å². The number of fused-ring (bicyclic) bond motifs is 1. The summed E-state index contributed by atoms with van der Waals surface area (Å²) in [4.78, 5) is 14.2. The van der Waals surface area contributed by atoms with Crippen molar-refractivity contribution in [3.05, 3.63) is 107 Å². The number of ether oxygens (including phenoxy) is 5. The van der Waals surface area contributed by atoms with Crippen molar-refractivity contribution in [2.24, 2.45) is 5.92 Å². The normalized spacial score (nSPS) is 21.6. The first-order chi connectivity index (χ1) is 21.4. The lowest BCUT2D eigenvalue weighted by atomic mass is 9.89. The Morgan fingerprint density at radius 2 is 1.66 bits per heavy atom. The van der Waals surface area contributed by atoms with Crippen LogP contribution in [-0.2, 0) is 40.3 Å². The molecule has 5 rings (SSSR count). The van der Waals surface area contributed by atoms with Crippen LogP contribution in [0.15, 0.2) is 73.3 Å². The van der Waals surface area contributed by atoms with Gasteiger partial charge in [0.25, 0.3) is 0 Å². The van der Waals surface area contributed by atoms with Gasteiger partial charge >= 0.3 is 6.09 Å². The van der Waals surface area contributed by atoms with Gasteiger partial charge in [0.2, 0.25) is 0 Å². The molecule has 0 aromatic heterocycles. The van der Waals surface area contributed by atoms with Crippen molar-refractivity contribution in [1.29, 1.82) is 0 Å². The second-order valence-electron chi connectivity index (χ2n) is 11.3. The number of benzene rings is 3. The van der Waals surface area contributed by atoms with E-state index in [1.165, 1.54) is 17.2 Å². The molecule has 0 spiro atoms. The zero-order valence-electron chi connectivity index (χ0n) is 25.7. The van der Waals surface area contributed by atoms with Crippen molar-refractivity contribution in [2.75, 3.05) is 33.9 Å². The maximum atomic E-state index is 11.8. The number of hydrogen-bond acceptors (Lipinski definition) is 8. The van der Waals surface area contributed by atoms with Crippen LogP contribution in [0.4, 0.5) is 4.79 Å². The predicted molar refractivity (Wildman–Crippen MR) is 166 cm³/mol. The van der Waals surface area contributed by atoms with Crippen molar-refractivity contribution >= 4 is 6.09 Å². The molecule has 0 aliphatic carbocycles. The van der Waals surface area contributed by atoms with Crippen LogP contribution in [0.25, 0.3) is 0 Å². The van der Waals surface area contributed by atoms with E-state index >= 15 is 0 Å². The summed E-state index contributed by atoms with van der Waals surface area (Å²) >= 11 is 0. The van der Waals surface area contributed by atoms with Crippen LogP contribution < -0.4 is 14.8 Å². The SMILES string of the molecule is C=CCOC(=O)NCc1ccc(C2OC(CN3CCc4cc(OC)c(OC)cc4C3)C(C)C(c3ccc(CO)cc3)O2)cc1. The van der Waals surface area contributed by atoms with Crippen LogP contribution in [0.2, 0.25) is 0 Å². The van der Waals surface area contributed by atoms with Gasteiger partial charge in [0.15, 0.2) is 17.8 Å².